The number of hydrogen-bond acceptors (Lipinski definition) is 3. The zero-order valence-electron chi connectivity index (χ0n) is 9.12. The summed E-state index contributed by atoms with van der Waals surface area (Å²) in [5.41, 5.74) is 0. The second kappa shape index (κ2) is 6.02. The van der Waals surface area contributed by atoms with Crippen LogP contribution in [0.4, 0.5) is 0 Å². The standard InChI is InChI=1S/C11H20O3/c1-3-5-6-7-9-10(14-9)8-11(12)13-4-2/h9-10H,3-8H2,1-2H3. The van der Waals surface area contributed by atoms with Gasteiger partial charge in [0.15, 0.2) is 0 Å². The van der Waals surface area contributed by atoms with Gasteiger partial charge in [-0.25, -0.2) is 0 Å². The Morgan fingerprint density at radius 3 is 2.71 bits per heavy atom. The number of hydrogen-bond donors (Lipinski definition) is 0. The fourth-order valence-corrected chi connectivity index (χ4v) is 1.59. The van der Waals surface area contributed by atoms with Crippen LogP contribution < -0.4 is 0 Å². The summed E-state index contributed by atoms with van der Waals surface area (Å²) in [6, 6.07) is 0. The lowest BCUT2D eigenvalue weighted by molar-refractivity contribution is -0.143. The minimum absolute atomic E-state index is 0.129. The van der Waals surface area contributed by atoms with Crippen molar-refractivity contribution in [2.24, 2.45) is 0 Å². The van der Waals surface area contributed by atoms with Gasteiger partial charge < -0.3 is 9.47 Å². The maximum absolute atomic E-state index is 11.1. The molecule has 3 nitrogen and oxygen atoms in total. The number of ether oxygens (including phenoxy) is 2. The van der Waals surface area contributed by atoms with E-state index in [0.717, 1.165) is 6.42 Å². The summed E-state index contributed by atoms with van der Waals surface area (Å²) in [7, 11) is 0. The van der Waals surface area contributed by atoms with Crippen molar-refractivity contribution in [1.82, 2.24) is 0 Å². The quantitative estimate of drug-likeness (QED) is 0.359. The lowest BCUT2D eigenvalue weighted by Crippen LogP contribution is -2.08. The molecule has 1 aliphatic heterocycles. The van der Waals surface area contributed by atoms with Gasteiger partial charge >= 0.3 is 5.97 Å². The average Bonchev–Trinajstić information content (AvgIpc) is 2.84. The fraction of sp³-hybridized carbons (Fsp3) is 0.909. The van der Waals surface area contributed by atoms with Gasteiger partial charge in [0.25, 0.3) is 0 Å². The van der Waals surface area contributed by atoms with E-state index >= 15 is 0 Å². The van der Waals surface area contributed by atoms with E-state index < -0.39 is 0 Å². The van der Waals surface area contributed by atoms with Gasteiger partial charge in [-0.2, -0.15) is 0 Å². The van der Waals surface area contributed by atoms with Gasteiger partial charge in [-0.3, -0.25) is 4.79 Å². The van der Waals surface area contributed by atoms with Gasteiger partial charge in [0.1, 0.15) is 0 Å². The van der Waals surface area contributed by atoms with E-state index in [1.165, 1.54) is 19.3 Å². The van der Waals surface area contributed by atoms with Crippen molar-refractivity contribution in [3.63, 3.8) is 0 Å². The van der Waals surface area contributed by atoms with E-state index in [2.05, 4.69) is 6.92 Å². The highest BCUT2D eigenvalue weighted by Crippen LogP contribution is 2.30. The van der Waals surface area contributed by atoms with Crippen LogP contribution in [0.3, 0.4) is 0 Å². The summed E-state index contributed by atoms with van der Waals surface area (Å²) in [4.78, 5) is 11.1. The van der Waals surface area contributed by atoms with Gasteiger partial charge in [0.05, 0.1) is 25.2 Å². The van der Waals surface area contributed by atoms with Crippen LogP contribution in [0.1, 0.15) is 46.0 Å². The van der Waals surface area contributed by atoms with Crippen molar-refractivity contribution in [3.8, 4) is 0 Å². The minimum atomic E-state index is -0.129. The number of esters is 1. The Morgan fingerprint density at radius 1 is 1.29 bits per heavy atom. The molecule has 14 heavy (non-hydrogen) atoms. The lowest BCUT2D eigenvalue weighted by Gasteiger charge is -1.98. The second-order valence-electron chi connectivity index (χ2n) is 3.72. The molecule has 0 aromatic heterocycles. The van der Waals surface area contributed by atoms with Crippen LogP contribution in [0.2, 0.25) is 0 Å². The molecule has 0 N–H and O–H groups in total. The zero-order valence-corrected chi connectivity index (χ0v) is 9.12. The predicted molar refractivity (Wildman–Crippen MR) is 54.1 cm³/mol. The smallest absolute Gasteiger partial charge is 0.308 e. The fourth-order valence-electron chi connectivity index (χ4n) is 1.59. The molecule has 2 atom stereocenters. The van der Waals surface area contributed by atoms with Crippen LogP contribution in [-0.4, -0.2) is 24.8 Å². The molecule has 0 aliphatic carbocycles. The van der Waals surface area contributed by atoms with Gasteiger partial charge in [0, 0.05) is 0 Å². The number of epoxide rings is 1. The number of unbranched alkanes of at least 4 members (excludes halogenated alkanes) is 2. The molecule has 1 heterocycles. The molecule has 0 amide bonds. The van der Waals surface area contributed by atoms with Gasteiger partial charge in [-0.05, 0) is 13.3 Å². The van der Waals surface area contributed by atoms with Gasteiger partial charge in [0.2, 0.25) is 0 Å². The van der Waals surface area contributed by atoms with Crippen molar-refractivity contribution < 1.29 is 14.3 Å². The molecule has 1 saturated heterocycles. The normalized spacial score (nSPS) is 24.7. The van der Waals surface area contributed by atoms with Crippen LogP contribution in [0, 0.1) is 0 Å². The summed E-state index contributed by atoms with van der Waals surface area (Å²) in [5, 5.41) is 0. The van der Waals surface area contributed by atoms with Gasteiger partial charge in [-0.15, -0.1) is 0 Å². The minimum Gasteiger partial charge on any atom is -0.466 e. The number of carbonyl (C=O) groups is 1. The van der Waals surface area contributed by atoms with E-state index in [9.17, 15) is 4.79 Å². The topological polar surface area (TPSA) is 38.8 Å². The van der Waals surface area contributed by atoms with Crippen molar-refractivity contribution in [1.29, 1.82) is 0 Å². The van der Waals surface area contributed by atoms with E-state index in [0.29, 0.717) is 19.1 Å². The summed E-state index contributed by atoms with van der Waals surface area (Å²) in [5.74, 6) is -0.129. The van der Waals surface area contributed by atoms with Crippen LogP contribution in [0.25, 0.3) is 0 Å². The van der Waals surface area contributed by atoms with Gasteiger partial charge in [-0.1, -0.05) is 26.2 Å². The molecular formula is C11H20O3. The summed E-state index contributed by atoms with van der Waals surface area (Å²) in [6.45, 7) is 4.47. The Hall–Kier alpha value is -0.570. The first-order valence-corrected chi connectivity index (χ1v) is 5.59. The summed E-state index contributed by atoms with van der Waals surface area (Å²) >= 11 is 0. The van der Waals surface area contributed by atoms with Crippen LogP contribution in [0.15, 0.2) is 0 Å². The Balaban J connectivity index is 1.99. The maximum Gasteiger partial charge on any atom is 0.308 e. The number of carbonyl (C=O) groups excluding carboxylic acids is 1. The third-order valence-electron chi connectivity index (χ3n) is 2.45. The van der Waals surface area contributed by atoms with Crippen molar-refractivity contribution in [2.75, 3.05) is 6.61 Å². The molecule has 0 saturated carbocycles. The Morgan fingerprint density at radius 2 is 2.07 bits per heavy atom. The maximum atomic E-state index is 11.1. The first kappa shape index (κ1) is 11.5. The Kier molecular flexibility index (Phi) is 4.94. The molecule has 0 bridgehead atoms. The molecule has 3 heteroatoms. The Bertz CT molecular complexity index is 179. The predicted octanol–water partition coefficient (Wildman–Crippen LogP) is 2.29. The third-order valence-corrected chi connectivity index (χ3v) is 2.45. The van der Waals surface area contributed by atoms with Crippen LogP contribution in [0.5, 0.6) is 0 Å². The first-order chi connectivity index (χ1) is 6.77. The Labute approximate surface area is 85.8 Å². The monoisotopic (exact) mass is 200 g/mol. The molecular weight excluding hydrogens is 180 g/mol. The van der Waals surface area contributed by atoms with E-state index in [4.69, 9.17) is 9.47 Å². The summed E-state index contributed by atoms with van der Waals surface area (Å²) in [6.07, 6.45) is 5.70. The van der Waals surface area contributed by atoms with E-state index in [-0.39, 0.29) is 12.1 Å². The highest BCUT2D eigenvalue weighted by atomic mass is 16.6. The highest BCUT2D eigenvalue weighted by molar-refractivity contribution is 5.70. The third kappa shape index (κ3) is 4.09. The van der Waals surface area contributed by atoms with Crippen molar-refractivity contribution in [3.05, 3.63) is 0 Å². The first-order valence-electron chi connectivity index (χ1n) is 5.59. The average molecular weight is 200 g/mol. The summed E-state index contributed by atoms with van der Waals surface area (Å²) < 4.78 is 10.2. The highest BCUT2D eigenvalue weighted by Gasteiger charge is 2.39. The molecule has 0 aromatic carbocycles. The SMILES string of the molecule is CCCCCC1OC1CC(=O)OCC. The van der Waals surface area contributed by atoms with Crippen LogP contribution in [-0.2, 0) is 14.3 Å². The lowest BCUT2D eigenvalue weighted by atomic mass is 10.1. The van der Waals surface area contributed by atoms with E-state index in [1.54, 1.807) is 0 Å². The number of rotatable bonds is 7. The largest absolute Gasteiger partial charge is 0.466 e. The van der Waals surface area contributed by atoms with Crippen molar-refractivity contribution >= 4 is 5.97 Å². The molecule has 1 rings (SSSR count). The zero-order chi connectivity index (χ0) is 10.4. The molecule has 0 spiro atoms. The molecule has 1 fully saturated rings. The molecule has 0 aromatic rings. The van der Waals surface area contributed by atoms with Crippen molar-refractivity contribution in [2.45, 2.75) is 58.2 Å². The van der Waals surface area contributed by atoms with E-state index in [1.807, 2.05) is 6.92 Å². The molecule has 0 radical (unpaired) electrons. The molecule has 82 valence electrons. The molecule has 1 aliphatic rings. The van der Waals surface area contributed by atoms with Crippen LogP contribution >= 0.6 is 0 Å². The molecule has 2 unspecified atom stereocenters. The second-order valence-corrected chi connectivity index (χ2v) is 3.72.